The van der Waals surface area contributed by atoms with Gasteiger partial charge in [-0.2, -0.15) is 0 Å². The third-order valence-corrected chi connectivity index (χ3v) is 13.3. The Morgan fingerprint density at radius 1 is 0.381 bits per heavy atom. The number of aromatic nitrogens is 2. The molecule has 5 heteroatoms. The van der Waals surface area contributed by atoms with E-state index in [4.69, 9.17) is 9.97 Å². The molecular weight excluding hydrogens is 763 g/mol. The van der Waals surface area contributed by atoms with Crippen LogP contribution in [0.15, 0.2) is 128 Å². The largest absolute Gasteiger partial charge is 0.311 e. The number of fused-ring (bicyclic) bond motifs is 4. The van der Waals surface area contributed by atoms with E-state index in [1.54, 1.807) is 0 Å². The standard InChI is InChI=1S/C58H63BN4/c1-36-18-26-48(42(30-36)46-24-20-40(34-60-46)57(9,10)11)62-50-28-22-38(55(3,4)5)32-44(50)59-45-33-39(56(6,7)8)23-29-51(45)63(53-17-15-16-52(62)54(53)59)49-27-19-37(2)31-43(49)47-25-21-41(35-61-47)58(12,13)14/h15-35H,1-14H3. The zero-order valence-electron chi connectivity index (χ0n) is 40.0. The van der Waals surface area contributed by atoms with Crippen LogP contribution in [-0.4, -0.2) is 16.7 Å². The van der Waals surface area contributed by atoms with E-state index in [0.717, 1.165) is 33.9 Å². The van der Waals surface area contributed by atoms with Gasteiger partial charge in [0.1, 0.15) is 0 Å². The zero-order valence-corrected chi connectivity index (χ0v) is 40.0. The molecule has 318 valence electrons. The minimum Gasteiger partial charge on any atom is -0.311 e. The Kier molecular flexibility index (Phi) is 9.97. The van der Waals surface area contributed by atoms with Crippen LogP contribution in [0.25, 0.3) is 22.5 Å². The van der Waals surface area contributed by atoms with Crippen LogP contribution in [-0.2, 0) is 21.7 Å². The lowest BCUT2D eigenvalue weighted by Crippen LogP contribution is -2.61. The normalized spacial score (nSPS) is 13.8. The van der Waals surface area contributed by atoms with Gasteiger partial charge < -0.3 is 9.80 Å². The van der Waals surface area contributed by atoms with E-state index >= 15 is 0 Å². The van der Waals surface area contributed by atoms with Gasteiger partial charge in [-0.05, 0) is 135 Å². The number of nitrogens with zero attached hydrogens (tertiary/aromatic N) is 4. The first kappa shape index (κ1) is 42.4. The molecule has 2 aliphatic rings. The van der Waals surface area contributed by atoms with Crippen molar-refractivity contribution in [3.05, 3.63) is 161 Å². The molecule has 0 N–H and O–H groups in total. The molecule has 7 aromatic rings. The van der Waals surface area contributed by atoms with Crippen LogP contribution in [0, 0.1) is 13.8 Å². The lowest BCUT2D eigenvalue weighted by Gasteiger charge is -2.45. The molecule has 0 radical (unpaired) electrons. The first-order chi connectivity index (χ1) is 29.6. The number of benzene rings is 5. The molecule has 4 nitrogen and oxygen atoms in total. The SMILES string of the molecule is Cc1ccc(N2c3ccc(C(C)(C)C)cc3B3c4cc(C(C)(C)C)ccc4N(c4ccc(C)cc4-c4ccc(C(C)(C)C)cn4)c4cccc2c43)c(-c2ccc(C(C)(C)C)cn2)c1. The van der Waals surface area contributed by atoms with Crippen molar-refractivity contribution >= 4 is 57.2 Å². The van der Waals surface area contributed by atoms with Crippen LogP contribution in [0.5, 0.6) is 0 Å². The molecular formula is C58H63BN4. The molecule has 0 amide bonds. The summed E-state index contributed by atoms with van der Waals surface area (Å²) in [6.07, 6.45) is 4.13. The van der Waals surface area contributed by atoms with Crippen LogP contribution in [0.4, 0.5) is 34.1 Å². The van der Waals surface area contributed by atoms with Crippen molar-refractivity contribution in [3.63, 3.8) is 0 Å². The molecule has 9 rings (SSSR count). The van der Waals surface area contributed by atoms with Gasteiger partial charge in [0.05, 0.1) is 22.8 Å². The Morgan fingerprint density at radius 2 is 0.746 bits per heavy atom. The second kappa shape index (κ2) is 14.8. The highest BCUT2D eigenvalue weighted by molar-refractivity contribution is 7.00. The van der Waals surface area contributed by atoms with Crippen LogP contribution < -0.4 is 26.2 Å². The average molecular weight is 827 g/mol. The summed E-state index contributed by atoms with van der Waals surface area (Å²) in [6.45, 7) is 31.8. The van der Waals surface area contributed by atoms with Crippen molar-refractivity contribution in [2.24, 2.45) is 0 Å². The fraction of sp³-hybridized carbons (Fsp3) is 0.310. The van der Waals surface area contributed by atoms with E-state index in [0.29, 0.717) is 0 Å². The van der Waals surface area contributed by atoms with Crippen molar-refractivity contribution in [3.8, 4) is 22.5 Å². The van der Waals surface area contributed by atoms with Gasteiger partial charge in [-0.1, -0.05) is 149 Å². The maximum atomic E-state index is 5.17. The van der Waals surface area contributed by atoms with Crippen LogP contribution in [0.2, 0.25) is 0 Å². The van der Waals surface area contributed by atoms with Gasteiger partial charge >= 0.3 is 0 Å². The summed E-state index contributed by atoms with van der Waals surface area (Å²) < 4.78 is 0. The van der Waals surface area contributed by atoms with Crippen molar-refractivity contribution in [2.75, 3.05) is 9.80 Å². The fourth-order valence-corrected chi connectivity index (χ4v) is 9.49. The molecule has 0 atom stereocenters. The van der Waals surface area contributed by atoms with E-state index in [1.807, 2.05) is 0 Å². The number of pyridine rings is 2. The molecule has 0 saturated carbocycles. The van der Waals surface area contributed by atoms with E-state index in [9.17, 15) is 0 Å². The maximum absolute atomic E-state index is 5.17. The highest BCUT2D eigenvalue weighted by Gasteiger charge is 2.44. The van der Waals surface area contributed by atoms with Gasteiger partial charge in [0, 0.05) is 46.3 Å². The van der Waals surface area contributed by atoms with Gasteiger partial charge in [-0.3, -0.25) is 9.97 Å². The minimum atomic E-state index is -0.0451. The van der Waals surface area contributed by atoms with E-state index in [1.165, 1.54) is 72.5 Å². The van der Waals surface area contributed by atoms with Crippen molar-refractivity contribution in [1.82, 2.24) is 9.97 Å². The maximum Gasteiger partial charge on any atom is 0.252 e. The summed E-state index contributed by atoms with van der Waals surface area (Å²) >= 11 is 0. The molecule has 2 aliphatic heterocycles. The molecule has 0 bridgehead atoms. The smallest absolute Gasteiger partial charge is 0.252 e. The summed E-state index contributed by atoms with van der Waals surface area (Å²) in [5, 5.41) is 0. The summed E-state index contributed by atoms with van der Waals surface area (Å²) in [5.41, 5.74) is 22.6. The number of hydrogen-bond donors (Lipinski definition) is 0. The predicted molar refractivity (Wildman–Crippen MR) is 271 cm³/mol. The van der Waals surface area contributed by atoms with Crippen molar-refractivity contribution < 1.29 is 0 Å². The van der Waals surface area contributed by atoms with Gasteiger partial charge in [0.25, 0.3) is 6.71 Å². The van der Waals surface area contributed by atoms with Gasteiger partial charge in [-0.25, -0.2) is 0 Å². The van der Waals surface area contributed by atoms with Gasteiger partial charge in [-0.15, -0.1) is 0 Å². The molecule has 0 spiro atoms. The molecule has 0 fully saturated rings. The monoisotopic (exact) mass is 827 g/mol. The second-order valence-corrected chi connectivity index (χ2v) is 22.3. The van der Waals surface area contributed by atoms with Crippen LogP contribution in [0.3, 0.4) is 0 Å². The number of anilines is 6. The lowest BCUT2D eigenvalue weighted by molar-refractivity contribution is 0.587. The molecule has 2 aromatic heterocycles. The Labute approximate surface area is 377 Å². The summed E-state index contributed by atoms with van der Waals surface area (Å²) in [4.78, 5) is 15.4. The number of aryl methyl sites for hydroxylation is 2. The van der Waals surface area contributed by atoms with E-state index in [2.05, 4.69) is 234 Å². The molecule has 0 unspecified atom stereocenters. The molecule has 63 heavy (non-hydrogen) atoms. The number of hydrogen-bond acceptors (Lipinski definition) is 4. The van der Waals surface area contributed by atoms with Crippen LogP contribution >= 0.6 is 0 Å². The molecule has 4 heterocycles. The minimum absolute atomic E-state index is 0.00511. The Bertz CT molecular complexity index is 2700. The Balaban J connectivity index is 1.35. The summed E-state index contributed by atoms with van der Waals surface area (Å²) in [7, 11) is 0. The van der Waals surface area contributed by atoms with Gasteiger partial charge in [0.2, 0.25) is 0 Å². The average Bonchev–Trinajstić information content (AvgIpc) is 3.22. The zero-order chi connectivity index (χ0) is 45.0. The molecule has 0 aliphatic carbocycles. The highest BCUT2D eigenvalue weighted by Crippen LogP contribution is 2.48. The third-order valence-electron chi connectivity index (χ3n) is 13.3. The third kappa shape index (κ3) is 7.48. The Morgan fingerprint density at radius 3 is 1.10 bits per heavy atom. The summed E-state index contributed by atoms with van der Waals surface area (Å²) in [5.74, 6) is 0. The predicted octanol–water partition coefficient (Wildman–Crippen LogP) is 13.7. The summed E-state index contributed by atoms with van der Waals surface area (Å²) in [6, 6.07) is 44.1. The fourth-order valence-electron chi connectivity index (χ4n) is 9.49. The van der Waals surface area contributed by atoms with Crippen molar-refractivity contribution in [2.45, 2.75) is 119 Å². The van der Waals surface area contributed by atoms with Crippen molar-refractivity contribution in [1.29, 1.82) is 0 Å². The van der Waals surface area contributed by atoms with E-state index in [-0.39, 0.29) is 28.4 Å². The highest BCUT2D eigenvalue weighted by atomic mass is 15.2. The first-order valence-electron chi connectivity index (χ1n) is 22.8. The number of rotatable bonds is 4. The topological polar surface area (TPSA) is 32.3 Å². The second-order valence-electron chi connectivity index (χ2n) is 22.3. The lowest BCUT2D eigenvalue weighted by atomic mass is 9.33. The first-order valence-corrected chi connectivity index (χ1v) is 22.8. The van der Waals surface area contributed by atoms with Crippen LogP contribution in [0.1, 0.15) is 116 Å². The Hall–Kier alpha value is -5.94. The molecule has 5 aromatic carbocycles. The van der Waals surface area contributed by atoms with Gasteiger partial charge in [0.15, 0.2) is 0 Å². The molecule has 0 saturated heterocycles. The van der Waals surface area contributed by atoms with E-state index < -0.39 is 0 Å². The quantitative estimate of drug-likeness (QED) is 0.165.